The number of anilines is 2. The Bertz CT molecular complexity index is 669. The molecule has 6 nitrogen and oxygen atoms in total. The van der Waals surface area contributed by atoms with Crippen LogP contribution in [-0.2, 0) is 4.79 Å². The second-order valence-corrected chi connectivity index (χ2v) is 4.70. The van der Waals surface area contributed by atoms with E-state index in [9.17, 15) is 4.79 Å². The van der Waals surface area contributed by atoms with Crippen molar-refractivity contribution in [3.05, 3.63) is 47.1 Å². The maximum atomic E-state index is 11.1. The molecule has 0 aliphatic carbocycles. The van der Waals surface area contributed by atoms with Gasteiger partial charge >= 0.3 is 0 Å². The number of carbonyl (C=O) groups excluding carboxylic acids is 1. The molecule has 1 heterocycles. The quantitative estimate of drug-likeness (QED) is 0.672. The summed E-state index contributed by atoms with van der Waals surface area (Å²) in [4.78, 5) is 11.1. The zero-order chi connectivity index (χ0) is 15.2. The molecule has 0 aliphatic rings. The molecule has 1 aromatic carbocycles. The predicted molar refractivity (Wildman–Crippen MR) is 83.6 cm³/mol. The van der Waals surface area contributed by atoms with Crippen molar-refractivity contribution in [3.8, 4) is 0 Å². The summed E-state index contributed by atoms with van der Waals surface area (Å²) in [6.45, 7) is 3.32. The minimum Gasteiger partial charge on any atom is -0.326 e. The van der Waals surface area contributed by atoms with E-state index in [1.165, 1.54) is 6.92 Å². The molecule has 0 saturated carbocycles. The molecule has 108 valence electrons. The summed E-state index contributed by atoms with van der Waals surface area (Å²) in [5.74, 6) is 0.382. The predicted octanol–water partition coefficient (Wildman–Crippen LogP) is 2.92. The van der Waals surface area contributed by atoms with Gasteiger partial charge in [-0.15, -0.1) is 10.2 Å². The van der Waals surface area contributed by atoms with Crippen LogP contribution in [0.25, 0.3) is 0 Å². The molecule has 0 bridgehead atoms. The first-order valence-electron chi connectivity index (χ1n) is 6.22. The van der Waals surface area contributed by atoms with E-state index in [4.69, 9.17) is 11.6 Å². The van der Waals surface area contributed by atoms with Crippen molar-refractivity contribution in [1.29, 1.82) is 0 Å². The van der Waals surface area contributed by atoms with Crippen LogP contribution in [0.3, 0.4) is 0 Å². The van der Waals surface area contributed by atoms with Crippen LogP contribution >= 0.6 is 11.6 Å². The van der Waals surface area contributed by atoms with E-state index in [1.54, 1.807) is 12.1 Å². The number of hydrazone groups is 1. The van der Waals surface area contributed by atoms with E-state index in [0.717, 1.165) is 17.0 Å². The van der Waals surface area contributed by atoms with Crippen molar-refractivity contribution in [2.45, 2.75) is 13.8 Å². The third-order valence-corrected chi connectivity index (χ3v) is 2.77. The minimum absolute atomic E-state index is 0.115. The van der Waals surface area contributed by atoms with Gasteiger partial charge in [-0.25, -0.2) is 0 Å². The normalized spacial score (nSPS) is 11.1. The lowest BCUT2D eigenvalue weighted by Crippen LogP contribution is -2.07. The van der Waals surface area contributed by atoms with Crippen LogP contribution in [0.2, 0.25) is 5.15 Å². The van der Waals surface area contributed by atoms with Gasteiger partial charge < -0.3 is 5.32 Å². The second-order valence-electron chi connectivity index (χ2n) is 4.31. The van der Waals surface area contributed by atoms with E-state index >= 15 is 0 Å². The minimum atomic E-state index is -0.115. The van der Waals surface area contributed by atoms with E-state index in [0.29, 0.717) is 11.0 Å². The fourth-order valence-corrected chi connectivity index (χ4v) is 1.71. The molecule has 1 amide bonds. The number of carbonyl (C=O) groups is 1. The number of hydrogen-bond acceptors (Lipinski definition) is 5. The van der Waals surface area contributed by atoms with Gasteiger partial charge in [-0.2, -0.15) is 5.10 Å². The fraction of sp³-hybridized carbons (Fsp3) is 0.143. The van der Waals surface area contributed by atoms with Gasteiger partial charge in [0.1, 0.15) is 0 Å². The van der Waals surface area contributed by atoms with Crippen molar-refractivity contribution in [2.24, 2.45) is 5.10 Å². The lowest BCUT2D eigenvalue weighted by Gasteiger charge is -2.06. The highest BCUT2D eigenvalue weighted by molar-refractivity contribution is 6.29. The molecule has 0 atom stereocenters. The third-order valence-electron chi connectivity index (χ3n) is 2.57. The molecule has 0 aliphatic heterocycles. The number of benzene rings is 1. The van der Waals surface area contributed by atoms with E-state index in [1.807, 2.05) is 31.2 Å². The maximum Gasteiger partial charge on any atom is 0.221 e. The lowest BCUT2D eigenvalue weighted by atomic mass is 10.1. The molecule has 2 aromatic rings. The first-order valence-corrected chi connectivity index (χ1v) is 6.60. The van der Waals surface area contributed by atoms with Crippen molar-refractivity contribution >= 4 is 34.7 Å². The second kappa shape index (κ2) is 6.81. The Kier molecular flexibility index (Phi) is 4.84. The van der Waals surface area contributed by atoms with Crippen LogP contribution in [0, 0.1) is 0 Å². The van der Waals surface area contributed by atoms with Gasteiger partial charge in [0, 0.05) is 12.6 Å². The van der Waals surface area contributed by atoms with Crippen LogP contribution in [0.5, 0.6) is 0 Å². The highest BCUT2D eigenvalue weighted by atomic mass is 35.5. The Morgan fingerprint density at radius 1 is 1.19 bits per heavy atom. The molecule has 0 radical (unpaired) electrons. The Hall–Kier alpha value is -2.47. The Morgan fingerprint density at radius 2 is 2.00 bits per heavy atom. The maximum absolute atomic E-state index is 11.1. The van der Waals surface area contributed by atoms with Crippen LogP contribution in [0.15, 0.2) is 41.5 Å². The summed E-state index contributed by atoms with van der Waals surface area (Å²) in [6, 6.07) is 10.7. The smallest absolute Gasteiger partial charge is 0.221 e. The first-order chi connectivity index (χ1) is 10.0. The molecule has 2 rings (SSSR count). The number of aromatic nitrogens is 2. The molecule has 2 N–H and O–H groups in total. The number of halogens is 1. The van der Waals surface area contributed by atoms with Gasteiger partial charge in [0.2, 0.25) is 5.91 Å². The SMILES string of the molecule is CC(=O)Nc1cccc(/C(C)=N\Nc2ccc(Cl)nn2)c1. The van der Waals surface area contributed by atoms with Gasteiger partial charge in [-0.3, -0.25) is 10.2 Å². The average Bonchev–Trinajstić information content (AvgIpc) is 2.46. The highest BCUT2D eigenvalue weighted by Crippen LogP contribution is 2.12. The number of nitrogens with one attached hydrogen (secondary N) is 2. The van der Waals surface area contributed by atoms with Gasteiger partial charge in [0.05, 0.1) is 5.71 Å². The van der Waals surface area contributed by atoms with Crippen LogP contribution in [0.4, 0.5) is 11.5 Å². The van der Waals surface area contributed by atoms with Crippen molar-refractivity contribution in [2.75, 3.05) is 10.7 Å². The van der Waals surface area contributed by atoms with Gasteiger partial charge in [-0.05, 0) is 36.8 Å². The summed E-state index contributed by atoms with van der Waals surface area (Å²) >= 11 is 5.66. The molecule has 0 spiro atoms. The molecular formula is C14H14ClN5O. The zero-order valence-electron chi connectivity index (χ0n) is 11.6. The largest absolute Gasteiger partial charge is 0.326 e. The Labute approximate surface area is 127 Å². The molecule has 1 aromatic heterocycles. The Morgan fingerprint density at radius 3 is 2.67 bits per heavy atom. The zero-order valence-corrected chi connectivity index (χ0v) is 12.3. The van der Waals surface area contributed by atoms with Gasteiger partial charge in [0.15, 0.2) is 11.0 Å². The average molecular weight is 304 g/mol. The van der Waals surface area contributed by atoms with Crippen LogP contribution in [-0.4, -0.2) is 21.8 Å². The summed E-state index contributed by atoms with van der Waals surface area (Å²) in [6.07, 6.45) is 0. The van der Waals surface area contributed by atoms with Gasteiger partial charge in [-0.1, -0.05) is 23.7 Å². The molecular weight excluding hydrogens is 290 g/mol. The summed E-state index contributed by atoms with van der Waals surface area (Å²) in [7, 11) is 0. The lowest BCUT2D eigenvalue weighted by molar-refractivity contribution is -0.114. The molecule has 21 heavy (non-hydrogen) atoms. The fourth-order valence-electron chi connectivity index (χ4n) is 1.61. The van der Waals surface area contributed by atoms with E-state index in [-0.39, 0.29) is 5.91 Å². The summed E-state index contributed by atoms with van der Waals surface area (Å²) in [5.41, 5.74) is 5.16. The topological polar surface area (TPSA) is 79.3 Å². The van der Waals surface area contributed by atoms with Crippen LogP contribution in [0.1, 0.15) is 19.4 Å². The summed E-state index contributed by atoms with van der Waals surface area (Å²) in [5, 5.41) is 14.8. The first kappa shape index (κ1) is 14.9. The number of amides is 1. The number of hydrogen-bond donors (Lipinski definition) is 2. The van der Waals surface area contributed by atoms with Crippen molar-refractivity contribution < 1.29 is 4.79 Å². The number of rotatable bonds is 4. The summed E-state index contributed by atoms with van der Waals surface area (Å²) < 4.78 is 0. The monoisotopic (exact) mass is 303 g/mol. The standard InChI is InChI=1S/C14H14ClN5O/c1-9(17-19-14-7-6-13(15)18-20-14)11-4-3-5-12(8-11)16-10(2)21/h3-8H,1-2H3,(H,16,21)(H,19,20)/b17-9-. The van der Waals surface area contributed by atoms with Gasteiger partial charge in [0.25, 0.3) is 0 Å². The third kappa shape index (κ3) is 4.54. The molecule has 0 saturated heterocycles. The molecule has 0 unspecified atom stereocenters. The van der Waals surface area contributed by atoms with E-state index in [2.05, 4.69) is 26.0 Å². The van der Waals surface area contributed by atoms with E-state index < -0.39 is 0 Å². The molecule has 0 fully saturated rings. The van der Waals surface area contributed by atoms with Crippen molar-refractivity contribution in [3.63, 3.8) is 0 Å². The Balaban J connectivity index is 2.11. The molecule has 7 heteroatoms. The van der Waals surface area contributed by atoms with Crippen molar-refractivity contribution in [1.82, 2.24) is 10.2 Å². The van der Waals surface area contributed by atoms with Crippen LogP contribution < -0.4 is 10.7 Å². The number of nitrogens with zero attached hydrogens (tertiary/aromatic N) is 3. The highest BCUT2D eigenvalue weighted by Gasteiger charge is 2.01.